The molecule has 43 heavy (non-hydrogen) atoms. The van der Waals surface area contributed by atoms with E-state index < -0.39 is 17.5 Å². The minimum absolute atomic E-state index is 0.299. The summed E-state index contributed by atoms with van der Waals surface area (Å²) in [5.41, 5.74) is 10.3. The van der Waals surface area contributed by atoms with E-state index in [1.165, 1.54) is 0 Å². The normalized spacial score (nSPS) is 16.4. The van der Waals surface area contributed by atoms with Crippen molar-refractivity contribution in [2.45, 2.75) is 31.8 Å². The topological polar surface area (TPSA) is 101 Å². The van der Waals surface area contributed by atoms with Crippen LogP contribution in [0.25, 0.3) is 10.9 Å². The number of nitrogens with one attached hydrogen (secondary N) is 1. The van der Waals surface area contributed by atoms with Gasteiger partial charge in [0.05, 0.1) is 18.5 Å². The molecule has 4 aromatic carbocycles. The number of nitrogens with zero attached hydrogens (tertiary/aromatic N) is 2. The number of carbonyl (C=O) groups is 2. The number of anilines is 1. The van der Waals surface area contributed by atoms with Crippen LogP contribution >= 0.6 is 0 Å². The third kappa shape index (κ3) is 4.67. The molecule has 7 nitrogen and oxygen atoms in total. The first-order valence-electron chi connectivity index (χ1n) is 14.4. The van der Waals surface area contributed by atoms with Gasteiger partial charge in [-0.05, 0) is 41.3 Å². The maximum atomic E-state index is 15.1. The molecule has 5 aromatic rings. The number of hydrogen-bond acceptors (Lipinski definition) is 4. The maximum absolute atomic E-state index is 15.1. The van der Waals surface area contributed by atoms with Gasteiger partial charge in [-0.3, -0.25) is 19.5 Å². The number of carbonyl (C=O) groups excluding carboxylic acids is 2. The lowest BCUT2D eigenvalue weighted by molar-refractivity contribution is -0.130. The molecular formula is C36H34N4O3. The van der Waals surface area contributed by atoms with Crippen molar-refractivity contribution in [1.29, 1.82) is 0 Å². The monoisotopic (exact) mass is 570 g/mol. The zero-order valence-corrected chi connectivity index (χ0v) is 24.5. The highest BCUT2D eigenvalue weighted by atomic mass is 16.5. The highest BCUT2D eigenvalue weighted by Crippen LogP contribution is 2.44. The largest absolute Gasteiger partial charge is 0.497 e. The van der Waals surface area contributed by atoms with E-state index in [0.29, 0.717) is 29.1 Å². The standard InChI is InChI=1S/C36H34N4O3/c1-23(2)36(35(37)42,26-17-19-27(43-3)20-18-26)40-32-16-10-8-14-29(32)33(24-11-5-4-6-12-24)39-31(34(40)41)21-25-22-38-30-15-9-7-13-28(25)30/h4-20,22-23,31,38H,21H2,1-3H3,(H2,37,42). The number of fused-ring (bicyclic) bond motifs is 2. The van der Waals surface area contributed by atoms with Crippen molar-refractivity contribution in [3.8, 4) is 5.75 Å². The van der Waals surface area contributed by atoms with Crippen LogP contribution in [0.5, 0.6) is 5.75 Å². The number of aromatic amines is 1. The second kappa shape index (κ2) is 11.2. The van der Waals surface area contributed by atoms with E-state index in [1.54, 1.807) is 24.1 Å². The van der Waals surface area contributed by atoms with Gasteiger partial charge < -0.3 is 15.5 Å². The third-order valence-electron chi connectivity index (χ3n) is 8.42. The van der Waals surface area contributed by atoms with Crippen LogP contribution in [-0.4, -0.2) is 35.7 Å². The second-order valence-corrected chi connectivity index (χ2v) is 11.1. The number of aromatic nitrogens is 1. The Morgan fingerprint density at radius 3 is 2.33 bits per heavy atom. The van der Waals surface area contributed by atoms with Gasteiger partial charge in [0.1, 0.15) is 11.8 Å². The molecular weight excluding hydrogens is 536 g/mol. The number of aliphatic imine (C=N–C) groups is 1. The van der Waals surface area contributed by atoms with Crippen LogP contribution < -0.4 is 15.4 Å². The molecule has 0 bridgehead atoms. The average Bonchev–Trinajstić information content (AvgIpc) is 3.39. The molecule has 1 aliphatic rings. The molecule has 2 atom stereocenters. The van der Waals surface area contributed by atoms with E-state index in [9.17, 15) is 4.79 Å². The predicted molar refractivity (Wildman–Crippen MR) is 171 cm³/mol. The van der Waals surface area contributed by atoms with Crippen LogP contribution in [-0.2, 0) is 21.5 Å². The predicted octanol–water partition coefficient (Wildman–Crippen LogP) is 6.01. The fourth-order valence-corrected chi connectivity index (χ4v) is 6.35. The van der Waals surface area contributed by atoms with Crippen LogP contribution in [0.15, 0.2) is 114 Å². The van der Waals surface area contributed by atoms with Crippen molar-refractivity contribution in [3.05, 3.63) is 132 Å². The van der Waals surface area contributed by atoms with Gasteiger partial charge in [-0.15, -0.1) is 0 Å². The minimum Gasteiger partial charge on any atom is -0.497 e. The molecule has 0 radical (unpaired) electrons. The number of nitrogens with two attached hydrogens (primary N) is 1. The van der Waals surface area contributed by atoms with Gasteiger partial charge in [0.15, 0.2) is 5.54 Å². The van der Waals surface area contributed by atoms with Gasteiger partial charge in [-0.25, -0.2) is 0 Å². The summed E-state index contributed by atoms with van der Waals surface area (Å²) in [6.45, 7) is 3.84. The van der Waals surface area contributed by atoms with Crippen molar-refractivity contribution < 1.29 is 14.3 Å². The Hall–Kier alpha value is -5.17. The summed E-state index contributed by atoms with van der Waals surface area (Å²) in [6.07, 6.45) is 2.27. The third-order valence-corrected chi connectivity index (χ3v) is 8.42. The Morgan fingerprint density at radius 1 is 0.953 bits per heavy atom. The van der Waals surface area contributed by atoms with Gasteiger partial charge >= 0.3 is 0 Å². The molecule has 2 amide bonds. The first kappa shape index (κ1) is 28.0. The van der Waals surface area contributed by atoms with Crippen LogP contribution in [0.2, 0.25) is 0 Å². The van der Waals surface area contributed by atoms with Crippen molar-refractivity contribution in [1.82, 2.24) is 4.98 Å². The van der Waals surface area contributed by atoms with Crippen molar-refractivity contribution in [3.63, 3.8) is 0 Å². The number of ether oxygens (including phenoxy) is 1. The lowest BCUT2D eigenvalue weighted by Crippen LogP contribution is -2.62. The fourth-order valence-electron chi connectivity index (χ4n) is 6.35. The van der Waals surface area contributed by atoms with E-state index in [0.717, 1.165) is 27.6 Å². The van der Waals surface area contributed by atoms with Crippen molar-refractivity contribution >= 4 is 34.1 Å². The number of rotatable bonds is 8. The van der Waals surface area contributed by atoms with E-state index in [4.69, 9.17) is 15.5 Å². The van der Waals surface area contributed by atoms with Crippen molar-refractivity contribution in [2.75, 3.05) is 12.0 Å². The SMILES string of the molecule is COc1ccc(C(C(N)=O)(C(C)C)N2C(=O)C(Cc3c[nH]c4ccccc34)N=C(c3ccccc3)c3ccccc32)cc1. The Labute approximate surface area is 251 Å². The van der Waals surface area contributed by atoms with Gasteiger partial charge in [-0.1, -0.05) is 92.7 Å². The number of hydrogen-bond donors (Lipinski definition) is 2. The zero-order chi connectivity index (χ0) is 30.1. The number of amides is 2. The van der Waals surface area contributed by atoms with E-state index in [-0.39, 0.29) is 11.8 Å². The first-order valence-corrected chi connectivity index (χ1v) is 14.4. The average molecular weight is 571 g/mol. The Balaban J connectivity index is 1.62. The number of benzodiazepines with no additional fused rings is 1. The summed E-state index contributed by atoms with van der Waals surface area (Å²) in [7, 11) is 1.59. The number of methoxy groups -OCH3 is 1. The number of benzene rings is 4. The summed E-state index contributed by atoms with van der Waals surface area (Å²) in [5, 5.41) is 1.03. The summed E-state index contributed by atoms with van der Waals surface area (Å²) in [4.78, 5) is 39.1. The van der Waals surface area contributed by atoms with Gasteiger partial charge in [-0.2, -0.15) is 0 Å². The molecule has 1 aliphatic heterocycles. The second-order valence-electron chi connectivity index (χ2n) is 11.1. The molecule has 216 valence electrons. The smallest absolute Gasteiger partial charge is 0.253 e. The Kier molecular flexibility index (Phi) is 7.32. The van der Waals surface area contributed by atoms with Crippen LogP contribution in [0, 0.1) is 5.92 Å². The zero-order valence-electron chi connectivity index (χ0n) is 24.5. The number of para-hydroxylation sites is 2. The fraction of sp³-hybridized carbons (Fsp3) is 0.194. The van der Waals surface area contributed by atoms with Crippen LogP contribution in [0.1, 0.15) is 36.1 Å². The van der Waals surface area contributed by atoms with E-state index in [2.05, 4.69) is 4.98 Å². The molecule has 0 saturated carbocycles. The molecule has 7 heteroatoms. The van der Waals surface area contributed by atoms with Crippen LogP contribution in [0.3, 0.4) is 0 Å². The minimum atomic E-state index is -1.51. The lowest BCUT2D eigenvalue weighted by atomic mass is 9.76. The Morgan fingerprint density at radius 2 is 1.63 bits per heavy atom. The molecule has 0 fully saturated rings. The molecule has 0 saturated heterocycles. The van der Waals surface area contributed by atoms with E-state index in [1.807, 2.05) is 111 Å². The summed E-state index contributed by atoms with van der Waals surface area (Å²) in [5.74, 6) is -0.667. The van der Waals surface area contributed by atoms with Gasteiger partial charge in [0.2, 0.25) is 5.91 Å². The van der Waals surface area contributed by atoms with Crippen molar-refractivity contribution in [2.24, 2.45) is 16.6 Å². The van der Waals surface area contributed by atoms with E-state index >= 15 is 4.79 Å². The number of H-pyrrole nitrogens is 1. The highest BCUT2D eigenvalue weighted by Gasteiger charge is 2.53. The van der Waals surface area contributed by atoms with Gasteiger partial charge in [0.25, 0.3) is 5.91 Å². The van der Waals surface area contributed by atoms with Crippen LogP contribution in [0.4, 0.5) is 5.69 Å². The number of primary amides is 1. The molecule has 3 N–H and O–H groups in total. The molecule has 1 aromatic heterocycles. The molecule has 0 spiro atoms. The highest BCUT2D eigenvalue weighted by molar-refractivity contribution is 6.21. The first-order chi connectivity index (χ1) is 20.9. The molecule has 6 rings (SSSR count). The molecule has 0 aliphatic carbocycles. The quantitative estimate of drug-likeness (QED) is 0.239. The maximum Gasteiger partial charge on any atom is 0.253 e. The molecule has 2 unspecified atom stereocenters. The summed E-state index contributed by atoms with van der Waals surface area (Å²) < 4.78 is 5.40. The molecule has 2 heterocycles. The Bertz CT molecular complexity index is 1820. The summed E-state index contributed by atoms with van der Waals surface area (Å²) in [6, 6.07) is 31.9. The summed E-state index contributed by atoms with van der Waals surface area (Å²) >= 11 is 0. The lowest BCUT2D eigenvalue weighted by Gasteiger charge is -2.45. The van der Waals surface area contributed by atoms with Gasteiger partial charge in [0, 0.05) is 34.6 Å².